The smallest absolute Gasteiger partial charge is 0.346 e. The van der Waals surface area contributed by atoms with Crippen molar-refractivity contribution in [1.82, 2.24) is 4.90 Å². The highest BCUT2D eigenvalue weighted by atomic mass is 16.6. The molecule has 2 aromatic carbocycles. The third kappa shape index (κ3) is 4.26. The lowest BCUT2D eigenvalue weighted by Crippen LogP contribution is -2.44. The molecule has 148 valence electrons. The molecule has 1 aliphatic rings. The third-order valence-electron chi connectivity index (χ3n) is 4.51. The number of amides is 1. The highest BCUT2D eigenvalue weighted by Gasteiger charge is 2.32. The monoisotopic (exact) mass is 385 g/mol. The molecular formula is C21H23NO6. The van der Waals surface area contributed by atoms with E-state index in [9.17, 15) is 9.59 Å². The fourth-order valence-corrected chi connectivity index (χ4v) is 3.06. The summed E-state index contributed by atoms with van der Waals surface area (Å²) >= 11 is 0. The summed E-state index contributed by atoms with van der Waals surface area (Å²) in [5, 5.41) is 0. The van der Waals surface area contributed by atoms with Gasteiger partial charge in [-0.2, -0.15) is 0 Å². The van der Waals surface area contributed by atoms with Crippen molar-refractivity contribution in [2.45, 2.75) is 6.10 Å². The molecule has 7 heteroatoms. The van der Waals surface area contributed by atoms with Gasteiger partial charge >= 0.3 is 5.97 Å². The Morgan fingerprint density at radius 2 is 1.54 bits per heavy atom. The van der Waals surface area contributed by atoms with E-state index < -0.39 is 12.1 Å². The minimum Gasteiger partial charge on any atom is -0.496 e. The fraction of sp³-hybridized carbons (Fsp3) is 0.333. The van der Waals surface area contributed by atoms with Crippen molar-refractivity contribution in [3.63, 3.8) is 0 Å². The largest absolute Gasteiger partial charge is 0.496 e. The number of morpholine rings is 1. The van der Waals surface area contributed by atoms with Gasteiger partial charge in [-0.1, -0.05) is 36.4 Å². The van der Waals surface area contributed by atoms with E-state index in [0.717, 1.165) is 0 Å². The standard InChI is InChI=1S/C21H23NO6/c1-25-16-9-6-10-17(26-2)18(16)21(24)28-19(15-7-4-3-5-8-15)20(23)22-11-13-27-14-12-22/h3-10,19H,11-14H2,1-2H3/t19-/m0/s1. The second kappa shape index (κ2) is 9.23. The lowest BCUT2D eigenvalue weighted by Gasteiger charge is -2.30. The van der Waals surface area contributed by atoms with Gasteiger partial charge in [0.15, 0.2) is 0 Å². The zero-order chi connectivity index (χ0) is 19.9. The molecule has 0 bridgehead atoms. The van der Waals surface area contributed by atoms with Crippen LogP contribution in [0.1, 0.15) is 22.0 Å². The van der Waals surface area contributed by atoms with Crippen LogP contribution in [0.5, 0.6) is 11.5 Å². The first-order valence-corrected chi connectivity index (χ1v) is 8.99. The molecule has 0 aromatic heterocycles. The third-order valence-corrected chi connectivity index (χ3v) is 4.51. The van der Waals surface area contributed by atoms with Gasteiger partial charge in [-0.3, -0.25) is 4.79 Å². The van der Waals surface area contributed by atoms with Gasteiger partial charge in [0, 0.05) is 18.7 Å². The zero-order valence-corrected chi connectivity index (χ0v) is 15.9. The number of methoxy groups -OCH3 is 2. The second-order valence-corrected chi connectivity index (χ2v) is 6.17. The SMILES string of the molecule is COc1cccc(OC)c1C(=O)O[C@H](C(=O)N1CCOCC1)c1ccccc1. The van der Waals surface area contributed by atoms with Gasteiger partial charge in [-0.25, -0.2) is 4.79 Å². The van der Waals surface area contributed by atoms with Crippen molar-refractivity contribution in [3.05, 3.63) is 59.7 Å². The van der Waals surface area contributed by atoms with Crippen molar-refractivity contribution < 1.29 is 28.5 Å². The molecule has 0 N–H and O–H groups in total. The van der Waals surface area contributed by atoms with Gasteiger partial charge in [-0.05, 0) is 12.1 Å². The maximum atomic E-state index is 13.1. The average Bonchev–Trinajstić information content (AvgIpc) is 2.77. The molecule has 0 radical (unpaired) electrons. The molecule has 1 fully saturated rings. The van der Waals surface area contributed by atoms with E-state index in [1.807, 2.05) is 6.07 Å². The number of carbonyl (C=O) groups excluding carboxylic acids is 2. The highest BCUT2D eigenvalue weighted by Crippen LogP contribution is 2.31. The number of rotatable bonds is 6. The molecule has 1 saturated heterocycles. The Morgan fingerprint density at radius 1 is 0.929 bits per heavy atom. The van der Waals surface area contributed by atoms with Crippen LogP contribution in [0, 0.1) is 0 Å². The fourth-order valence-electron chi connectivity index (χ4n) is 3.06. The van der Waals surface area contributed by atoms with Crippen LogP contribution in [0.3, 0.4) is 0 Å². The van der Waals surface area contributed by atoms with Crippen molar-refractivity contribution in [3.8, 4) is 11.5 Å². The van der Waals surface area contributed by atoms with Crippen LogP contribution < -0.4 is 9.47 Å². The van der Waals surface area contributed by atoms with Gasteiger partial charge < -0.3 is 23.8 Å². The summed E-state index contributed by atoms with van der Waals surface area (Å²) in [7, 11) is 2.91. The summed E-state index contributed by atoms with van der Waals surface area (Å²) in [6, 6.07) is 13.9. The zero-order valence-electron chi connectivity index (χ0n) is 15.9. The Kier molecular flexibility index (Phi) is 6.49. The second-order valence-electron chi connectivity index (χ2n) is 6.17. The number of benzene rings is 2. The Bertz CT molecular complexity index is 795. The van der Waals surface area contributed by atoms with Gasteiger partial charge in [0.05, 0.1) is 27.4 Å². The summed E-state index contributed by atoms with van der Waals surface area (Å²) in [6.45, 7) is 1.83. The number of nitrogens with zero attached hydrogens (tertiary/aromatic N) is 1. The quantitative estimate of drug-likeness (QED) is 0.711. The van der Waals surface area contributed by atoms with E-state index in [1.54, 1.807) is 47.4 Å². The Balaban J connectivity index is 1.92. The average molecular weight is 385 g/mol. The molecule has 3 rings (SSSR count). The van der Waals surface area contributed by atoms with Gasteiger partial charge in [0.1, 0.15) is 17.1 Å². The van der Waals surface area contributed by atoms with Crippen molar-refractivity contribution >= 4 is 11.9 Å². The number of carbonyl (C=O) groups is 2. The molecule has 7 nitrogen and oxygen atoms in total. The minimum absolute atomic E-state index is 0.142. The first-order valence-electron chi connectivity index (χ1n) is 8.99. The van der Waals surface area contributed by atoms with Crippen molar-refractivity contribution in [2.75, 3.05) is 40.5 Å². The van der Waals surface area contributed by atoms with Crippen LogP contribution in [-0.4, -0.2) is 57.3 Å². The van der Waals surface area contributed by atoms with Gasteiger partial charge in [0.2, 0.25) is 6.10 Å². The van der Waals surface area contributed by atoms with E-state index in [4.69, 9.17) is 18.9 Å². The van der Waals surface area contributed by atoms with Crippen LogP contribution in [0.25, 0.3) is 0 Å². The Hall–Kier alpha value is -3.06. The number of hydrogen-bond donors (Lipinski definition) is 0. The molecule has 1 heterocycles. The number of hydrogen-bond acceptors (Lipinski definition) is 6. The molecule has 0 spiro atoms. The van der Waals surface area contributed by atoms with E-state index in [2.05, 4.69) is 0 Å². The number of ether oxygens (including phenoxy) is 4. The maximum absolute atomic E-state index is 13.1. The van der Waals surface area contributed by atoms with Crippen LogP contribution in [-0.2, 0) is 14.3 Å². The Morgan fingerprint density at radius 3 is 2.11 bits per heavy atom. The summed E-state index contributed by atoms with van der Waals surface area (Å²) in [6.07, 6.45) is -1.07. The topological polar surface area (TPSA) is 74.3 Å². The highest BCUT2D eigenvalue weighted by molar-refractivity contribution is 5.97. The summed E-state index contributed by atoms with van der Waals surface area (Å²) < 4.78 is 21.6. The predicted molar refractivity (Wildman–Crippen MR) is 102 cm³/mol. The van der Waals surface area contributed by atoms with Crippen molar-refractivity contribution in [2.24, 2.45) is 0 Å². The molecule has 1 atom stereocenters. The molecule has 0 saturated carbocycles. The van der Waals surface area contributed by atoms with E-state index >= 15 is 0 Å². The normalized spacial score (nSPS) is 14.9. The first kappa shape index (κ1) is 19.7. The van der Waals surface area contributed by atoms with Crippen molar-refractivity contribution in [1.29, 1.82) is 0 Å². The first-order chi connectivity index (χ1) is 13.7. The van der Waals surface area contributed by atoms with Gasteiger partial charge in [0.25, 0.3) is 5.91 Å². The molecule has 1 aliphatic heterocycles. The molecule has 28 heavy (non-hydrogen) atoms. The summed E-state index contributed by atoms with van der Waals surface area (Å²) in [5.74, 6) is -0.341. The minimum atomic E-state index is -1.07. The summed E-state index contributed by atoms with van der Waals surface area (Å²) in [5.41, 5.74) is 0.740. The maximum Gasteiger partial charge on any atom is 0.346 e. The molecule has 0 unspecified atom stereocenters. The van der Waals surface area contributed by atoms with Crippen LogP contribution >= 0.6 is 0 Å². The lowest BCUT2D eigenvalue weighted by molar-refractivity contribution is -0.145. The van der Waals surface area contributed by atoms with Crippen LogP contribution in [0.2, 0.25) is 0 Å². The molecule has 1 amide bonds. The molecule has 0 aliphatic carbocycles. The van der Waals surface area contributed by atoms with E-state index in [0.29, 0.717) is 43.4 Å². The molecule has 2 aromatic rings. The van der Waals surface area contributed by atoms with Crippen LogP contribution in [0.15, 0.2) is 48.5 Å². The van der Waals surface area contributed by atoms with E-state index in [1.165, 1.54) is 14.2 Å². The van der Waals surface area contributed by atoms with Gasteiger partial charge in [-0.15, -0.1) is 0 Å². The van der Waals surface area contributed by atoms with Crippen LogP contribution in [0.4, 0.5) is 0 Å². The number of esters is 1. The Labute approximate surface area is 163 Å². The van der Waals surface area contributed by atoms with E-state index in [-0.39, 0.29) is 11.5 Å². The lowest BCUT2D eigenvalue weighted by atomic mass is 10.1. The summed E-state index contributed by atoms with van der Waals surface area (Å²) in [4.78, 5) is 27.7. The predicted octanol–water partition coefficient (Wildman–Crippen LogP) is 2.46. The molecular weight excluding hydrogens is 362 g/mol.